The molecule has 6 heteroatoms. The van der Waals surface area contributed by atoms with Crippen molar-refractivity contribution in [1.29, 1.82) is 0 Å². The molecule has 0 aliphatic rings. The molecule has 0 aromatic rings. The van der Waals surface area contributed by atoms with Crippen LogP contribution in [0.1, 0.15) is 84.0 Å². The SMILES string of the molecule is CCCCCCCCC(=O)NNCCCCCCNC(=O)CCS. The van der Waals surface area contributed by atoms with Gasteiger partial charge in [0, 0.05) is 25.9 Å². The van der Waals surface area contributed by atoms with Crippen molar-refractivity contribution in [2.45, 2.75) is 84.0 Å². The molecule has 0 heterocycles. The molecule has 0 aromatic carbocycles. The third-order valence-corrected chi connectivity index (χ3v) is 4.10. The first kappa shape index (κ1) is 23.2. The predicted octanol–water partition coefficient (Wildman–Crippen LogP) is 3.35. The third-order valence-electron chi connectivity index (χ3n) is 3.87. The highest BCUT2D eigenvalue weighted by molar-refractivity contribution is 7.80. The topological polar surface area (TPSA) is 70.2 Å². The maximum Gasteiger partial charge on any atom is 0.234 e. The quantitative estimate of drug-likeness (QED) is 0.183. The molecule has 0 spiro atoms. The standard InChI is InChI=1S/C18H37N3O2S/c1-2-3-4-5-6-9-12-18(23)21-20-15-11-8-7-10-14-19-17(22)13-16-24/h20,24H,2-16H2,1H3,(H,19,22)(H,21,23). The molecule has 0 fully saturated rings. The minimum atomic E-state index is 0.0831. The Bertz CT molecular complexity index is 315. The van der Waals surface area contributed by atoms with Crippen LogP contribution in [-0.4, -0.2) is 30.7 Å². The summed E-state index contributed by atoms with van der Waals surface area (Å²) in [5, 5.41) is 2.88. The zero-order chi connectivity index (χ0) is 17.9. The molecule has 0 saturated carbocycles. The first-order chi connectivity index (χ1) is 11.7. The van der Waals surface area contributed by atoms with E-state index in [1.165, 1.54) is 25.7 Å². The number of nitrogens with one attached hydrogen (secondary N) is 3. The van der Waals surface area contributed by atoms with Gasteiger partial charge in [-0.2, -0.15) is 12.6 Å². The molecule has 0 aliphatic carbocycles. The molecule has 24 heavy (non-hydrogen) atoms. The lowest BCUT2D eigenvalue weighted by molar-refractivity contribution is -0.122. The van der Waals surface area contributed by atoms with Gasteiger partial charge in [-0.25, -0.2) is 5.43 Å². The smallest absolute Gasteiger partial charge is 0.234 e. The van der Waals surface area contributed by atoms with Crippen LogP contribution in [0.5, 0.6) is 0 Å². The van der Waals surface area contributed by atoms with Crippen LogP contribution in [0.4, 0.5) is 0 Å². The van der Waals surface area contributed by atoms with E-state index in [1.54, 1.807) is 0 Å². The van der Waals surface area contributed by atoms with Crippen molar-refractivity contribution in [3.05, 3.63) is 0 Å². The fraction of sp³-hybridized carbons (Fsp3) is 0.889. The van der Waals surface area contributed by atoms with Crippen LogP contribution in [-0.2, 0) is 9.59 Å². The first-order valence-corrected chi connectivity index (χ1v) is 10.2. The molecule has 3 N–H and O–H groups in total. The number of hydrazine groups is 1. The van der Waals surface area contributed by atoms with E-state index in [0.717, 1.165) is 51.6 Å². The van der Waals surface area contributed by atoms with Crippen LogP contribution in [0, 0.1) is 0 Å². The Balaban J connectivity index is 3.20. The molecular formula is C18H37N3O2S. The summed E-state index contributed by atoms with van der Waals surface area (Å²) in [5.41, 5.74) is 5.76. The summed E-state index contributed by atoms with van der Waals surface area (Å²) in [5.74, 6) is 0.777. The maximum absolute atomic E-state index is 11.6. The average molecular weight is 360 g/mol. The number of carbonyl (C=O) groups excluding carboxylic acids is 2. The van der Waals surface area contributed by atoms with E-state index < -0.39 is 0 Å². The van der Waals surface area contributed by atoms with Gasteiger partial charge in [-0.05, 0) is 25.0 Å². The van der Waals surface area contributed by atoms with Crippen molar-refractivity contribution in [2.75, 3.05) is 18.8 Å². The van der Waals surface area contributed by atoms with Crippen LogP contribution in [0.15, 0.2) is 0 Å². The Kier molecular flexibility index (Phi) is 18.0. The summed E-state index contributed by atoms with van der Waals surface area (Å²) in [7, 11) is 0. The lowest BCUT2D eigenvalue weighted by atomic mass is 10.1. The van der Waals surface area contributed by atoms with Gasteiger partial charge in [0.2, 0.25) is 11.8 Å². The van der Waals surface area contributed by atoms with Gasteiger partial charge >= 0.3 is 0 Å². The molecule has 0 unspecified atom stereocenters. The highest BCUT2D eigenvalue weighted by Gasteiger charge is 2.00. The highest BCUT2D eigenvalue weighted by atomic mass is 32.1. The zero-order valence-corrected chi connectivity index (χ0v) is 16.3. The predicted molar refractivity (Wildman–Crippen MR) is 104 cm³/mol. The van der Waals surface area contributed by atoms with Crippen LogP contribution in [0.3, 0.4) is 0 Å². The second-order valence-electron chi connectivity index (χ2n) is 6.23. The minimum absolute atomic E-state index is 0.0831. The van der Waals surface area contributed by atoms with E-state index in [9.17, 15) is 9.59 Å². The van der Waals surface area contributed by atoms with Gasteiger partial charge in [-0.3, -0.25) is 15.0 Å². The Labute approximate surface area is 153 Å². The largest absolute Gasteiger partial charge is 0.356 e. The van der Waals surface area contributed by atoms with Crippen molar-refractivity contribution < 1.29 is 9.59 Å². The van der Waals surface area contributed by atoms with Crippen molar-refractivity contribution in [2.24, 2.45) is 0 Å². The molecule has 142 valence electrons. The van der Waals surface area contributed by atoms with Crippen LogP contribution >= 0.6 is 12.6 Å². The number of amides is 2. The molecule has 0 aromatic heterocycles. The van der Waals surface area contributed by atoms with E-state index in [1.807, 2.05) is 0 Å². The third kappa shape index (κ3) is 17.6. The highest BCUT2D eigenvalue weighted by Crippen LogP contribution is 2.06. The summed E-state index contributed by atoms with van der Waals surface area (Å²) in [6.45, 7) is 3.76. The van der Waals surface area contributed by atoms with Gasteiger partial charge in [0.05, 0.1) is 0 Å². The summed E-state index contributed by atoms with van der Waals surface area (Å²) < 4.78 is 0. The van der Waals surface area contributed by atoms with Crippen molar-refractivity contribution >= 4 is 24.4 Å². The molecule has 0 aliphatic heterocycles. The molecular weight excluding hydrogens is 322 g/mol. The van der Waals surface area contributed by atoms with E-state index in [0.29, 0.717) is 18.6 Å². The Morgan fingerprint density at radius 3 is 2.08 bits per heavy atom. The van der Waals surface area contributed by atoms with E-state index in [-0.39, 0.29) is 11.8 Å². The van der Waals surface area contributed by atoms with Gasteiger partial charge < -0.3 is 5.32 Å². The Morgan fingerprint density at radius 1 is 0.750 bits per heavy atom. The normalized spacial score (nSPS) is 10.6. The van der Waals surface area contributed by atoms with Gasteiger partial charge in [0.15, 0.2) is 0 Å². The number of thiol groups is 1. The Morgan fingerprint density at radius 2 is 1.38 bits per heavy atom. The second-order valence-corrected chi connectivity index (χ2v) is 6.68. The fourth-order valence-electron chi connectivity index (χ4n) is 2.40. The van der Waals surface area contributed by atoms with E-state index >= 15 is 0 Å². The lowest BCUT2D eigenvalue weighted by Gasteiger charge is -2.07. The molecule has 0 saturated heterocycles. The summed E-state index contributed by atoms with van der Waals surface area (Å²) in [6.07, 6.45) is 12.6. The average Bonchev–Trinajstić information content (AvgIpc) is 2.56. The Hall–Kier alpha value is -0.750. The molecule has 0 bridgehead atoms. The lowest BCUT2D eigenvalue weighted by Crippen LogP contribution is -2.37. The van der Waals surface area contributed by atoms with Gasteiger partial charge in [-0.1, -0.05) is 51.9 Å². The van der Waals surface area contributed by atoms with E-state index in [2.05, 4.69) is 35.7 Å². The summed E-state index contributed by atoms with van der Waals surface area (Å²) >= 11 is 4.02. The summed E-state index contributed by atoms with van der Waals surface area (Å²) in [4.78, 5) is 22.8. The number of hydrogen-bond donors (Lipinski definition) is 4. The number of carbonyl (C=O) groups is 2. The van der Waals surface area contributed by atoms with Crippen LogP contribution < -0.4 is 16.2 Å². The van der Waals surface area contributed by atoms with Crippen molar-refractivity contribution in [3.8, 4) is 0 Å². The van der Waals surface area contributed by atoms with Crippen LogP contribution in [0.25, 0.3) is 0 Å². The molecule has 0 atom stereocenters. The van der Waals surface area contributed by atoms with E-state index in [4.69, 9.17) is 0 Å². The summed E-state index contributed by atoms with van der Waals surface area (Å²) in [6, 6.07) is 0. The molecule has 0 rings (SSSR count). The maximum atomic E-state index is 11.6. The van der Waals surface area contributed by atoms with Gasteiger partial charge in [0.1, 0.15) is 0 Å². The molecule has 0 radical (unpaired) electrons. The molecule has 2 amide bonds. The van der Waals surface area contributed by atoms with Gasteiger partial charge in [-0.15, -0.1) is 0 Å². The van der Waals surface area contributed by atoms with Gasteiger partial charge in [0.25, 0.3) is 0 Å². The second kappa shape index (κ2) is 18.6. The van der Waals surface area contributed by atoms with Crippen LogP contribution in [0.2, 0.25) is 0 Å². The minimum Gasteiger partial charge on any atom is -0.356 e. The van der Waals surface area contributed by atoms with Crippen molar-refractivity contribution in [1.82, 2.24) is 16.2 Å². The monoisotopic (exact) mass is 359 g/mol. The number of hydrogen-bond acceptors (Lipinski definition) is 4. The zero-order valence-electron chi connectivity index (χ0n) is 15.4. The number of rotatable bonds is 17. The van der Waals surface area contributed by atoms with Crippen molar-refractivity contribution in [3.63, 3.8) is 0 Å². The fourth-order valence-corrected chi connectivity index (χ4v) is 2.60. The first-order valence-electron chi connectivity index (χ1n) is 9.60. The number of unbranched alkanes of at least 4 members (excludes halogenated alkanes) is 8. The molecule has 5 nitrogen and oxygen atoms in total.